The van der Waals surface area contributed by atoms with Gasteiger partial charge in [-0.3, -0.25) is 0 Å². The quantitative estimate of drug-likeness (QED) is 0.755. The molecule has 4 heteroatoms. The van der Waals surface area contributed by atoms with E-state index in [1.165, 1.54) is 12.8 Å². The molecule has 1 aliphatic carbocycles. The third-order valence-electron chi connectivity index (χ3n) is 2.73. The van der Waals surface area contributed by atoms with E-state index >= 15 is 0 Å². The highest BCUT2D eigenvalue weighted by Gasteiger charge is 2.30. The van der Waals surface area contributed by atoms with Crippen LogP contribution in [0.5, 0.6) is 0 Å². The molecule has 0 aromatic carbocycles. The highest BCUT2D eigenvalue weighted by molar-refractivity contribution is 4.98. The van der Waals surface area contributed by atoms with Crippen LogP contribution >= 0.6 is 0 Å². The van der Waals surface area contributed by atoms with Crippen LogP contribution < -0.4 is 5.32 Å². The van der Waals surface area contributed by atoms with E-state index in [1.807, 2.05) is 6.07 Å². The third kappa shape index (κ3) is 3.25. The molecule has 4 nitrogen and oxygen atoms in total. The fraction of sp³-hybridized carbons (Fsp3) is 0.636. The van der Waals surface area contributed by atoms with E-state index in [-0.39, 0.29) is 0 Å². The highest BCUT2D eigenvalue weighted by Crippen LogP contribution is 2.32. The molecular formula is C11H17N3O. The molecule has 1 aliphatic rings. The van der Waals surface area contributed by atoms with Gasteiger partial charge in [0.15, 0.2) is 0 Å². The Bertz CT molecular complexity index is 287. The van der Waals surface area contributed by atoms with E-state index in [9.17, 15) is 0 Å². The molecule has 0 radical (unpaired) electrons. The number of methoxy groups -OCH3 is 1. The van der Waals surface area contributed by atoms with Crippen molar-refractivity contribution in [1.82, 2.24) is 15.3 Å². The monoisotopic (exact) mass is 207 g/mol. The fourth-order valence-electron chi connectivity index (χ4n) is 1.70. The first-order valence-corrected chi connectivity index (χ1v) is 5.37. The molecule has 82 valence electrons. The number of ether oxygens (including phenoxy) is 1. The van der Waals surface area contributed by atoms with E-state index in [0.29, 0.717) is 6.04 Å². The summed E-state index contributed by atoms with van der Waals surface area (Å²) in [6.07, 6.45) is 6.00. The van der Waals surface area contributed by atoms with Gasteiger partial charge in [-0.2, -0.15) is 0 Å². The molecule has 1 N–H and O–H groups in total. The second kappa shape index (κ2) is 5.19. The minimum absolute atomic E-state index is 0.477. The Morgan fingerprint density at radius 3 is 3.07 bits per heavy atom. The Morgan fingerprint density at radius 1 is 1.60 bits per heavy atom. The Balaban J connectivity index is 1.80. The summed E-state index contributed by atoms with van der Waals surface area (Å²) in [5, 5.41) is 3.48. The molecule has 1 saturated carbocycles. The van der Waals surface area contributed by atoms with Crippen LogP contribution in [0.2, 0.25) is 0 Å². The van der Waals surface area contributed by atoms with Gasteiger partial charge in [-0.15, -0.1) is 0 Å². The first-order chi connectivity index (χ1) is 7.40. The van der Waals surface area contributed by atoms with Crippen molar-refractivity contribution >= 4 is 0 Å². The standard InChI is InChI=1S/C11H17N3O/c1-15-7-11(9-2-3-9)13-6-10-4-5-12-8-14-10/h4-5,8-9,11,13H,2-3,6-7H2,1H3. The number of hydrogen-bond acceptors (Lipinski definition) is 4. The van der Waals surface area contributed by atoms with Crippen molar-refractivity contribution in [3.63, 3.8) is 0 Å². The van der Waals surface area contributed by atoms with E-state index < -0.39 is 0 Å². The molecule has 1 aromatic heterocycles. The van der Waals surface area contributed by atoms with Crippen molar-refractivity contribution in [1.29, 1.82) is 0 Å². The predicted molar refractivity (Wildman–Crippen MR) is 57.3 cm³/mol. The zero-order valence-electron chi connectivity index (χ0n) is 9.02. The average molecular weight is 207 g/mol. The van der Waals surface area contributed by atoms with Gasteiger partial charge in [0, 0.05) is 25.9 Å². The smallest absolute Gasteiger partial charge is 0.115 e. The first kappa shape index (κ1) is 10.5. The molecule has 1 fully saturated rings. The second-order valence-electron chi connectivity index (χ2n) is 3.98. The van der Waals surface area contributed by atoms with Gasteiger partial charge in [-0.25, -0.2) is 9.97 Å². The van der Waals surface area contributed by atoms with Gasteiger partial charge in [0.25, 0.3) is 0 Å². The molecule has 1 atom stereocenters. The molecule has 0 bridgehead atoms. The van der Waals surface area contributed by atoms with E-state index in [1.54, 1.807) is 19.6 Å². The number of rotatable bonds is 6. The molecule has 2 rings (SSSR count). The van der Waals surface area contributed by atoms with Crippen molar-refractivity contribution in [2.45, 2.75) is 25.4 Å². The van der Waals surface area contributed by atoms with Gasteiger partial charge < -0.3 is 10.1 Å². The largest absolute Gasteiger partial charge is 0.383 e. The van der Waals surface area contributed by atoms with Crippen molar-refractivity contribution in [2.24, 2.45) is 5.92 Å². The van der Waals surface area contributed by atoms with Crippen molar-refractivity contribution < 1.29 is 4.74 Å². The normalized spacial score (nSPS) is 17.7. The van der Waals surface area contributed by atoms with Gasteiger partial charge in [-0.05, 0) is 24.8 Å². The second-order valence-corrected chi connectivity index (χ2v) is 3.98. The molecular weight excluding hydrogens is 190 g/mol. The Kier molecular flexibility index (Phi) is 3.64. The predicted octanol–water partition coefficient (Wildman–Crippen LogP) is 0.991. The minimum atomic E-state index is 0.477. The number of hydrogen-bond donors (Lipinski definition) is 1. The lowest BCUT2D eigenvalue weighted by molar-refractivity contribution is 0.157. The van der Waals surface area contributed by atoms with Crippen molar-refractivity contribution in [3.05, 3.63) is 24.3 Å². The maximum Gasteiger partial charge on any atom is 0.115 e. The summed E-state index contributed by atoms with van der Waals surface area (Å²) < 4.78 is 5.20. The maximum atomic E-state index is 5.20. The van der Waals surface area contributed by atoms with Gasteiger partial charge >= 0.3 is 0 Å². The Labute approximate surface area is 90.1 Å². The molecule has 0 spiro atoms. The molecule has 0 amide bonds. The molecule has 1 heterocycles. The van der Waals surface area contributed by atoms with Crippen molar-refractivity contribution in [2.75, 3.05) is 13.7 Å². The zero-order chi connectivity index (χ0) is 10.5. The van der Waals surface area contributed by atoms with Crippen LogP contribution in [0.1, 0.15) is 18.5 Å². The van der Waals surface area contributed by atoms with E-state index in [4.69, 9.17) is 4.74 Å². The van der Waals surface area contributed by atoms with Crippen LogP contribution in [-0.4, -0.2) is 29.7 Å². The lowest BCUT2D eigenvalue weighted by Crippen LogP contribution is -2.34. The lowest BCUT2D eigenvalue weighted by atomic mass is 10.2. The molecule has 0 aliphatic heterocycles. The number of aromatic nitrogens is 2. The summed E-state index contributed by atoms with van der Waals surface area (Å²) >= 11 is 0. The lowest BCUT2D eigenvalue weighted by Gasteiger charge is -2.16. The number of nitrogens with one attached hydrogen (secondary N) is 1. The molecule has 0 saturated heterocycles. The van der Waals surface area contributed by atoms with Crippen LogP contribution in [-0.2, 0) is 11.3 Å². The van der Waals surface area contributed by atoms with Crippen LogP contribution in [0.3, 0.4) is 0 Å². The Morgan fingerprint density at radius 2 is 2.47 bits per heavy atom. The van der Waals surface area contributed by atoms with Crippen LogP contribution in [0, 0.1) is 5.92 Å². The summed E-state index contributed by atoms with van der Waals surface area (Å²) in [7, 11) is 1.75. The summed E-state index contributed by atoms with van der Waals surface area (Å²) in [5.41, 5.74) is 1.03. The first-order valence-electron chi connectivity index (χ1n) is 5.37. The van der Waals surface area contributed by atoms with E-state index in [2.05, 4.69) is 15.3 Å². The van der Waals surface area contributed by atoms with Crippen LogP contribution in [0.4, 0.5) is 0 Å². The topological polar surface area (TPSA) is 47.0 Å². The van der Waals surface area contributed by atoms with Gasteiger partial charge in [0.1, 0.15) is 6.33 Å². The van der Waals surface area contributed by atoms with Crippen LogP contribution in [0.15, 0.2) is 18.6 Å². The zero-order valence-corrected chi connectivity index (χ0v) is 9.02. The SMILES string of the molecule is COCC(NCc1ccncn1)C1CC1. The van der Waals surface area contributed by atoms with Gasteiger partial charge in [0.05, 0.1) is 12.3 Å². The summed E-state index contributed by atoms with van der Waals surface area (Å²) in [6, 6.07) is 2.41. The maximum absolute atomic E-state index is 5.20. The molecule has 1 aromatic rings. The fourth-order valence-corrected chi connectivity index (χ4v) is 1.70. The highest BCUT2D eigenvalue weighted by atomic mass is 16.5. The Hall–Kier alpha value is -1.00. The van der Waals surface area contributed by atoms with Gasteiger partial charge in [-0.1, -0.05) is 0 Å². The number of nitrogens with zero attached hydrogens (tertiary/aromatic N) is 2. The minimum Gasteiger partial charge on any atom is -0.383 e. The summed E-state index contributed by atoms with van der Waals surface area (Å²) in [4.78, 5) is 8.07. The van der Waals surface area contributed by atoms with Crippen molar-refractivity contribution in [3.8, 4) is 0 Å². The molecule has 15 heavy (non-hydrogen) atoms. The summed E-state index contributed by atoms with van der Waals surface area (Å²) in [5.74, 6) is 0.798. The third-order valence-corrected chi connectivity index (χ3v) is 2.73. The van der Waals surface area contributed by atoms with E-state index in [0.717, 1.165) is 24.8 Å². The van der Waals surface area contributed by atoms with Crippen LogP contribution in [0.25, 0.3) is 0 Å². The summed E-state index contributed by atoms with van der Waals surface area (Å²) in [6.45, 7) is 1.59. The van der Waals surface area contributed by atoms with Gasteiger partial charge in [0.2, 0.25) is 0 Å². The average Bonchev–Trinajstić information content (AvgIpc) is 3.09. The molecule has 1 unspecified atom stereocenters.